The number of fused-ring (bicyclic) bond motifs is 6. The second-order valence-corrected chi connectivity index (χ2v) is 9.87. The smallest absolute Gasteiger partial charge is 1.00 e. The number of rotatable bonds is 1. The van der Waals surface area contributed by atoms with Crippen LogP contribution in [0, 0.1) is 13.8 Å². The molecule has 0 bridgehead atoms. The van der Waals surface area contributed by atoms with Gasteiger partial charge < -0.3 is 12.4 Å². The van der Waals surface area contributed by atoms with E-state index in [0.717, 1.165) is 55.0 Å². The zero-order valence-corrected chi connectivity index (χ0v) is 26.6. The molecule has 6 nitrogen and oxygen atoms in total. The van der Waals surface area contributed by atoms with E-state index in [1.54, 1.807) is 24.8 Å². The molecule has 0 aliphatic carbocycles. The van der Waals surface area contributed by atoms with Crippen molar-refractivity contribution in [2.75, 3.05) is 0 Å². The standard InChI is InChI=1S/2C12H8N2.C12H12N2.ClH.Ru/c2*1-3-9-5-6-10-4-2-8-14-12(10)11(9)13-7-1;1-9-3-5-13-11(7-9)12-8-10(2)4-6-14-12;;/h2*1-8H;3-8H,1-2H3;1H;/q;;;;+2/p-1. The number of pyridine rings is 6. The van der Waals surface area contributed by atoms with Crippen molar-refractivity contribution in [3.8, 4) is 11.4 Å². The molecule has 0 radical (unpaired) electrons. The summed E-state index contributed by atoms with van der Waals surface area (Å²) in [5.41, 5.74) is 8.20. The van der Waals surface area contributed by atoms with Gasteiger partial charge in [0.05, 0.1) is 33.5 Å². The molecule has 0 amide bonds. The van der Waals surface area contributed by atoms with Crippen molar-refractivity contribution >= 4 is 43.6 Å². The minimum Gasteiger partial charge on any atom is -1.00 e. The summed E-state index contributed by atoms with van der Waals surface area (Å²) in [5, 5.41) is 4.55. The van der Waals surface area contributed by atoms with Crippen molar-refractivity contribution < 1.29 is 31.9 Å². The van der Waals surface area contributed by atoms with E-state index < -0.39 is 0 Å². The fourth-order valence-corrected chi connectivity index (χ4v) is 4.71. The van der Waals surface area contributed by atoms with Crippen LogP contribution in [0.3, 0.4) is 0 Å². The second-order valence-electron chi connectivity index (χ2n) is 9.87. The molecular formula is C36H28ClN6Ru+. The van der Waals surface area contributed by atoms with Crippen molar-refractivity contribution in [3.63, 3.8) is 0 Å². The van der Waals surface area contributed by atoms with E-state index in [1.807, 2.05) is 60.9 Å². The number of nitrogens with zero attached hydrogens (tertiary/aromatic N) is 6. The second kappa shape index (κ2) is 15.1. The first kappa shape index (κ1) is 32.2. The molecule has 0 saturated heterocycles. The third-order valence-corrected chi connectivity index (χ3v) is 6.78. The summed E-state index contributed by atoms with van der Waals surface area (Å²) in [6, 6.07) is 32.3. The van der Waals surface area contributed by atoms with Crippen molar-refractivity contribution in [1.29, 1.82) is 0 Å². The predicted molar refractivity (Wildman–Crippen MR) is 171 cm³/mol. The summed E-state index contributed by atoms with van der Waals surface area (Å²) in [4.78, 5) is 26.0. The Morgan fingerprint density at radius 2 is 0.659 bits per heavy atom. The Labute approximate surface area is 274 Å². The summed E-state index contributed by atoms with van der Waals surface area (Å²) in [7, 11) is 0. The molecule has 8 aromatic rings. The minimum atomic E-state index is 0. The fourth-order valence-electron chi connectivity index (χ4n) is 4.71. The van der Waals surface area contributed by atoms with Gasteiger partial charge in [-0.05, 0) is 73.5 Å². The Morgan fingerprint density at radius 3 is 0.932 bits per heavy atom. The van der Waals surface area contributed by atoms with E-state index in [1.165, 1.54) is 11.1 Å². The molecule has 44 heavy (non-hydrogen) atoms. The van der Waals surface area contributed by atoms with Gasteiger partial charge in [0.1, 0.15) is 0 Å². The molecule has 0 fully saturated rings. The topological polar surface area (TPSA) is 77.3 Å². The molecule has 8 rings (SSSR count). The zero-order chi connectivity index (χ0) is 28.7. The average molecular weight is 681 g/mol. The molecule has 0 saturated carbocycles. The number of aromatic nitrogens is 6. The monoisotopic (exact) mass is 681 g/mol. The van der Waals surface area contributed by atoms with Gasteiger partial charge in [-0.1, -0.05) is 48.5 Å². The summed E-state index contributed by atoms with van der Waals surface area (Å²) < 4.78 is 0. The quantitative estimate of drug-likeness (QED) is 0.173. The minimum absolute atomic E-state index is 0. The third-order valence-electron chi connectivity index (χ3n) is 6.78. The number of aryl methyl sites for hydroxylation is 2. The van der Waals surface area contributed by atoms with Gasteiger partial charge in [-0.25, -0.2) is 0 Å². The molecule has 0 aliphatic heterocycles. The van der Waals surface area contributed by atoms with Gasteiger partial charge in [0, 0.05) is 58.7 Å². The van der Waals surface area contributed by atoms with E-state index in [4.69, 9.17) is 0 Å². The average Bonchev–Trinajstić information content (AvgIpc) is 3.05. The van der Waals surface area contributed by atoms with E-state index in [-0.39, 0.29) is 31.9 Å². The largest absolute Gasteiger partial charge is 2.00 e. The van der Waals surface area contributed by atoms with Crippen LogP contribution in [-0.4, -0.2) is 29.9 Å². The predicted octanol–water partition coefficient (Wildman–Crippen LogP) is 5.33. The molecule has 0 aliphatic rings. The molecule has 216 valence electrons. The molecule has 2 aromatic carbocycles. The Bertz CT molecular complexity index is 1890. The SMILES string of the molecule is Cc1ccnc(-c2cc(C)ccn2)c1.[Cl-].[Ru+2].c1cnc2c(c1)ccc1cccnc12.c1cnc2c(c1)ccc1cccnc12. The van der Waals surface area contributed by atoms with Crippen LogP contribution >= 0.6 is 0 Å². The van der Waals surface area contributed by atoms with Crippen molar-refractivity contribution in [2.24, 2.45) is 0 Å². The molecule has 6 aromatic heterocycles. The third kappa shape index (κ3) is 7.43. The number of halogens is 1. The van der Waals surface area contributed by atoms with E-state index >= 15 is 0 Å². The van der Waals surface area contributed by atoms with Crippen LogP contribution in [0.25, 0.3) is 55.0 Å². The van der Waals surface area contributed by atoms with Crippen LogP contribution in [0.5, 0.6) is 0 Å². The Hall–Kier alpha value is -4.71. The van der Waals surface area contributed by atoms with E-state index in [9.17, 15) is 0 Å². The number of benzene rings is 2. The summed E-state index contributed by atoms with van der Waals surface area (Å²) in [6.45, 7) is 4.11. The maximum absolute atomic E-state index is 4.35. The first-order valence-corrected chi connectivity index (χ1v) is 13.7. The van der Waals surface area contributed by atoms with Crippen LogP contribution < -0.4 is 12.4 Å². The first-order chi connectivity index (χ1) is 20.7. The Balaban J connectivity index is 0.000000147. The van der Waals surface area contributed by atoms with Gasteiger partial charge in [-0.3, -0.25) is 29.9 Å². The Morgan fingerprint density at radius 1 is 0.364 bits per heavy atom. The van der Waals surface area contributed by atoms with Crippen molar-refractivity contribution in [3.05, 3.63) is 145 Å². The number of hydrogen-bond donors (Lipinski definition) is 0. The molecule has 0 spiro atoms. The maximum Gasteiger partial charge on any atom is 2.00 e. The summed E-state index contributed by atoms with van der Waals surface area (Å²) >= 11 is 0. The Kier molecular flexibility index (Phi) is 11.1. The molecule has 0 N–H and O–H groups in total. The fraction of sp³-hybridized carbons (Fsp3) is 0.0556. The van der Waals surface area contributed by atoms with Crippen LogP contribution in [0.1, 0.15) is 11.1 Å². The van der Waals surface area contributed by atoms with Crippen LogP contribution in [0.15, 0.2) is 134 Å². The molecule has 8 heteroatoms. The maximum atomic E-state index is 4.35. The van der Waals surface area contributed by atoms with Gasteiger partial charge in [0.2, 0.25) is 0 Å². The van der Waals surface area contributed by atoms with Gasteiger partial charge in [-0.15, -0.1) is 0 Å². The zero-order valence-electron chi connectivity index (χ0n) is 24.1. The molecule has 0 atom stereocenters. The molecular weight excluding hydrogens is 653 g/mol. The van der Waals surface area contributed by atoms with Crippen LogP contribution in [0.4, 0.5) is 0 Å². The normalized spacial score (nSPS) is 10.1. The van der Waals surface area contributed by atoms with Crippen LogP contribution in [-0.2, 0) is 19.5 Å². The van der Waals surface area contributed by atoms with E-state index in [0.29, 0.717) is 0 Å². The van der Waals surface area contributed by atoms with Gasteiger partial charge in [-0.2, -0.15) is 0 Å². The van der Waals surface area contributed by atoms with Crippen LogP contribution in [0.2, 0.25) is 0 Å². The van der Waals surface area contributed by atoms with Crippen molar-refractivity contribution in [2.45, 2.75) is 13.8 Å². The summed E-state index contributed by atoms with van der Waals surface area (Å²) in [5.74, 6) is 0. The molecule has 6 heterocycles. The van der Waals surface area contributed by atoms with Gasteiger partial charge >= 0.3 is 19.5 Å². The number of hydrogen-bond acceptors (Lipinski definition) is 6. The van der Waals surface area contributed by atoms with Gasteiger partial charge in [0.15, 0.2) is 0 Å². The summed E-state index contributed by atoms with van der Waals surface area (Å²) in [6.07, 6.45) is 10.8. The molecule has 0 unspecified atom stereocenters. The van der Waals surface area contributed by atoms with Gasteiger partial charge in [0.25, 0.3) is 0 Å². The van der Waals surface area contributed by atoms with Crippen molar-refractivity contribution in [1.82, 2.24) is 29.9 Å². The first-order valence-electron chi connectivity index (χ1n) is 13.7. The van der Waals surface area contributed by atoms with E-state index in [2.05, 4.69) is 92.3 Å².